The Balaban J connectivity index is 3.17. The van der Waals surface area contributed by atoms with Crippen molar-refractivity contribution in [2.45, 2.75) is 32.7 Å². The van der Waals surface area contributed by atoms with Crippen molar-refractivity contribution < 1.29 is 14.6 Å². The van der Waals surface area contributed by atoms with E-state index in [0.717, 1.165) is 5.56 Å². The van der Waals surface area contributed by atoms with Crippen LogP contribution in [0.25, 0.3) is 0 Å². The Morgan fingerprint density at radius 2 is 1.89 bits per heavy atom. The molecule has 100 valence electrons. The van der Waals surface area contributed by atoms with Crippen LogP contribution in [0, 0.1) is 5.41 Å². The van der Waals surface area contributed by atoms with Crippen LogP contribution < -0.4 is 10.5 Å². The molecule has 0 radical (unpaired) electrons. The zero-order chi connectivity index (χ0) is 14.0. The standard InChI is InChI=1S/C14H21NO3/c1-13(2,3)14(15,12(16)17)9-10-7-5-6-8-11(10)18-4/h5-8H,9,15H2,1-4H3,(H,16,17). The first kappa shape index (κ1) is 14.5. The third-order valence-electron chi connectivity index (χ3n) is 3.38. The Bertz CT molecular complexity index is 437. The smallest absolute Gasteiger partial charge is 0.324 e. The second-order valence-electron chi connectivity index (χ2n) is 5.52. The Morgan fingerprint density at radius 3 is 2.33 bits per heavy atom. The van der Waals surface area contributed by atoms with E-state index in [9.17, 15) is 9.90 Å². The molecule has 0 aliphatic heterocycles. The van der Waals surface area contributed by atoms with Crippen molar-refractivity contribution in [2.24, 2.45) is 11.1 Å². The molecule has 3 N–H and O–H groups in total. The minimum atomic E-state index is -1.33. The van der Waals surface area contributed by atoms with Gasteiger partial charge in [-0.05, 0) is 17.0 Å². The van der Waals surface area contributed by atoms with Crippen molar-refractivity contribution in [2.75, 3.05) is 7.11 Å². The molecule has 0 fully saturated rings. The van der Waals surface area contributed by atoms with Crippen LogP contribution in [0.2, 0.25) is 0 Å². The zero-order valence-electron chi connectivity index (χ0n) is 11.4. The van der Waals surface area contributed by atoms with Gasteiger partial charge in [0.1, 0.15) is 11.3 Å². The summed E-state index contributed by atoms with van der Waals surface area (Å²) in [7, 11) is 1.56. The number of nitrogens with two attached hydrogens (primary N) is 1. The first-order valence-corrected chi connectivity index (χ1v) is 5.86. The number of rotatable bonds is 4. The number of hydrogen-bond acceptors (Lipinski definition) is 3. The number of carboxylic acid groups (broad SMARTS) is 1. The Morgan fingerprint density at radius 1 is 1.33 bits per heavy atom. The van der Waals surface area contributed by atoms with Crippen LogP contribution in [0.4, 0.5) is 0 Å². The molecule has 0 saturated heterocycles. The highest BCUT2D eigenvalue weighted by atomic mass is 16.5. The number of carboxylic acids is 1. The highest BCUT2D eigenvalue weighted by molar-refractivity contribution is 5.80. The van der Waals surface area contributed by atoms with Crippen LogP contribution in [0.5, 0.6) is 5.75 Å². The van der Waals surface area contributed by atoms with E-state index in [4.69, 9.17) is 10.5 Å². The fraction of sp³-hybridized carbons (Fsp3) is 0.500. The van der Waals surface area contributed by atoms with Gasteiger partial charge in [-0.3, -0.25) is 4.79 Å². The third kappa shape index (κ3) is 2.64. The average molecular weight is 251 g/mol. The minimum absolute atomic E-state index is 0.232. The van der Waals surface area contributed by atoms with Crippen LogP contribution in [-0.2, 0) is 11.2 Å². The second kappa shape index (κ2) is 4.98. The second-order valence-corrected chi connectivity index (χ2v) is 5.52. The number of ether oxygens (including phenoxy) is 1. The Labute approximate surface area is 108 Å². The van der Waals surface area contributed by atoms with E-state index in [0.29, 0.717) is 5.75 Å². The number of hydrogen-bond donors (Lipinski definition) is 2. The van der Waals surface area contributed by atoms with Gasteiger partial charge in [0.05, 0.1) is 7.11 Å². The van der Waals surface area contributed by atoms with Gasteiger partial charge in [0.15, 0.2) is 0 Å². The van der Waals surface area contributed by atoms with E-state index in [1.54, 1.807) is 13.2 Å². The molecule has 18 heavy (non-hydrogen) atoms. The summed E-state index contributed by atoms with van der Waals surface area (Å²) in [5, 5.41) is 9.43. The van der Waals surface area contributed by atoms with Gasteiger partial charge >= 0.3 is 5.97 Å². The minimum Gasteiger partial charge on any atom is -0.496 e. The van der Waals surface area contributed by atoms with E-state index in [1.165, 1.54) is 0 Å². The highest BCUT2D eigenvalue weighted by Gasteiger charge is 2.45. The molecule has 0 bridgehead atoms. The van der Waals surface area contributed by atoms with Crippen molar-refractivity contribution in [3.05, 3.63) is 29.8 Å². The monoisotopic (exact) mass is 251 g/mol. The molecule has 1 unspecified atom stereocenters. The lowest BCUT2D eigenvalue weighted by Crippen LogP contribution is -2.59. The number of para-hydroxylation sites is 1. The van der Waals surface area contributed by atoms with Gasteiger partial charge < -0.3 is 15.6 Å². The maximum Gasteiger partial charge on any atom is 0.324 e. The topological polar surface area (TPSA) is 72.5 Å². The lowest BCUT2D eigenvalue weighted by molar-refractivity contribution is -0.147. The number of carbonyl (C=O) groups is 1. The molecule has 0 heterocycles. The van der Waals surface area contributed by atoms with Crippen LogP contribution in [0.1, 0.15) is 26.3 Å². The molecular weight excluding hydrogens is 230 g/mol. The molecule has 1 rings (SSSR count). The van der Waals surface area contributed by atoms with Crippen molar-refractivity contribution in [3.63, 3.8) is 0 Å². The maximum absolute atomic E-state index is 11.5. The van der Waals surface area contributed by atoms with Gasteiger partial charge in [0.25, 0.3) is 0 Å². The van der Waals surface area contributed by atoms with E-state index in [2.05, 4.69) is 0 Å². The molecule has 0 amide bonds. The molecule has 1 aromatic rings. The summed E-state index contributed by atoms with van der Waals surface area (Å²) in [5.41, 5.74) is 5.04. The molecule has 0 saturated carbocycles. The van der Waals surface area contributed by atoms with E-state index in [-0.39, 0.29) is 6.42 Å². The SMILES string of the molecule is COc1ccccc1CC(N)(C(=O)O)C(C)(C)C. The van der Waals surface area contributed by atoms with E-state index in [1.807, 2.05) is 39.0 Å². The first-order valence-electron chi connectivity index (χ1n) is 5.86. The lowest BCUT2D eigenvalue weighted by atomic mass is 9.71. The summed E-state index contributed by atoms with van der Waals surface area (Å²) >= 11 is 0. The predicted molar refractivity (Wildman–Crippen MR) is 70.7 cm³/mol. The normalized spacial score (nSPS) is 14.9. The zero-order valence-corrected chi connectivity index (χ0v) is 11.4. The van der Waals surface area contributed by atoms with Gasteiger partial charge in [-0.2, -0.15) is 0 Å². The molecule has 4 heteroatoms. The molecule has 0 aromatic heterocycles. The quantitative estimate of drug-likeness (QED) is 0.859. The van der Waals surface area contributed by atoms with Gasteiger partial charge in [-0.25, -0.2) is 0 Å². The summed E-state index contributed by atoms with van der Waals surface area (Å²) in [6, 6.07) is 7.34. The Kier molecular flexibility index (Phi) is 4.02. The number of aliphatic carboxylic acids is 1. The molecule has 0 aliphatic carbocycles. The van der Waals surface area contributed by atoms with Gasteiger partial charge in [-0.1, -0.05) is 39.0 Å². The first-order chi connectivity index (χ1) is 8.22. The van der Waals surface area contributed by atoms with Crippen LogP contribution in [0.3, 0.4) is 0 Å². The molecular formula is C14H21NO3. The van der Waals surface area contributed by atoms with Crippen molar-refractivity contribution in [3.8, 4) is 5.75 Å². The van der Waals surface area contributed by atoms with Gasteiger partial charge in [0.2, 0.25) is 0 Å². The van der Waals surface area contributed by atoms with Crippen molar-refractivity contribution in [1.29, 1.82) is 0 Å². The van der Waals surface area contributed by atoms with Crippen molar-refractivity contribution >= 4 is 5.97 Å². The van der Waals surface area contributed by atoms with Gasteiger partial charge in [0, 0.05) is 6.42 Å². The summed E-state index contributed by atoms with van der Waals surface area (Å²) in [6.07, 6.45) is 0.232. The third-order valence-corrected chi connectivity index (χ3v) is 3.38. The number of benzene rings is 1. The molecule has 0 aliphatic rings. The average Bonchev–Trinajstić information content (AvgIpc) is 2.27. The maximum atomic E-state index is 11.5. The fourth-order valence-corrected chi connectivity index (χ4v) is 1.81. The van der Waals surface area contributed by atoms with Crippen LogP contribution in [0.15, 0.2) is 24.3 Å². The predicted octanol–water partition coefficient (Wildman–Crippen LogP) is 2.07. The highest BCUT2D eigenvalue weighted by Crippen LogP contribution is 2.33. The fourth-order valence-electron chi connectivity index (χ4n) is 1.81. The van der Waals surface area contributed by atoms with E-state index >= 15 is 0 Å². The van der Waals surface area contributed by atoms with Crippen molar-refractivity contribution in [1.82, 2.24) is 0 Å². The molecule has 1 aromatic carbocycles. The van der Waals surface area contributed by atoms with E-state index < -0.39 is 16.9 Å². The van der Waals surface area contributed by atoms with Gasteiger partial charge in [-0.15, -0.1) is 0 Å². The Hall–Kier alpha value is -1.55. The largest absolute Gasteiger partial charge is 0.496 e. The summed E-state index contributed by atoms with van der Waals surface area (Å²) in [5.74, 6) is -0.335. The lowest BCUT2D eigenvalue weighted by Gasteiger charge is -2.38. The summed E-state index contributed by atoms with van der Waals surface area (Å²) in [4.78, 5) is 11.5. The molecule has 1 atom stereocenters. The van der Waals surface area contributed by atoms with Crippen LogP contribution in [-0.4, -0.2) is 23.7 Å². The summed E-state index contributed by atoms with van der Waals surface area (Å²) < 4.78 is 5.24. The van der Waals surface area contributed by atoms with Crippen LogP contribution >= 0.6 is 0 Å². The molecule has 0 spiro atoms. The molecule has 4 nitrogen and oxygen atoms in total. The number of methoxy groups -OCH3 is 1. The summed E-state index contributed by atoms with van der Waals surface area (Å²) in [6.45, 7) is 5.49.